The van der Waals surface area contributed by atoms with Crippen molar-refractivity contribution in [2.75, 3.05) is 26.3 Å². The summed E-state index contributed by atoms with van der Waals surface area (Å²) in [5.41, 5.74) is 4.26. The largest absolute Gasteiger partial charge is 0.493 e. The van der Waals surface area contributed by atoms with E-state index in [0.717, 1.165) is 53.5 Å². The van der Waals surface area contributed by atoms with Gasteiger partial charge in [0.1, 0.15) is 11.5 Å². The molecule has 0 bridgehead atoms. The predicted octanol–water partition coefficient (Wildman–Crippen LogP) is 2.86. The quantitative estimate of drug-likeness (QED) is 0.745. The predicted molar refractivity (Wildman–Crippen MR) is 105 cm³/mol. The number of aromatic nitrogens is 2. The zero-order chi connectivity index (χ0) is 19.4. The molecule has 1 aromatic heterocycles. The Hall–Kier alpha value is -2.05. The first-order chi connectivity index (χ1) is 13.0. The summed E-state index contributed by atoms with van der Waals surface area (Å²) < 4.78 is 11.6. The molecule has 2 unspecified atom stereocenters. The standard InChI is InChI=1S/C21H31N3O3/c1-5-26-20-8-7-16(21(15(20)4)27-6-2)11-24-12-17(19(25)13-24)10-18-9-14(3)22-23-18/h7-9,17,19,25H,5-6,10-13H2,1-4H3,(H,22,23). The number of benzene rings is 1. The number of β-amino-alcohol motifs (C(OH)–C–C–N with tert-alkyl or cyclic N) is 1. The van der Waals surface area contributed by atoms with Gasteiger partial charge in [-0.2, -0.15) is 5.10 Å². The highest BCUT2D eigenvalue weighted by Gasteiger charge is 2.32. The van der Waals surface area contributed by atoms with E-state index < -0.39 is 0 Å². The second-order valence-electron chi connectivity index (χ2n) is 7.31. The van der Waals surface area contributed by atoms with Crippen LogP contribution in [-0.2, 0) is 13.0 Å². The lowest BCUT2D eigenvalue weighted by molar-refractivity contribution is 0.140. The van der Waals surface area contributed by atoms with Gasteiger partial charge in [-0.25, -0.2) is 0 Å². The molecule has 0 saturated carbocycles. The van der Waals surface area contributed by atoms with Crippen molar-refractivity contribution >= 4 is 0 Å². The van der Waals surface area contributed by atoms with E-state index >= 15 is 0 Å². The minimum Gasteiger partial charge on any atom is -0.493 e. The van der Waals surface area contributed by atoms with Crippen LogP contribution >= 0.6 is 0 Å². The maximum absolute atomic E-state index is 10.5. The van der Waals surface area contributed by atoms with E-state index in [1.54, 1.807) is 0 Å². The molecule has 2 aromatic rings. The molecule has 0 aliphatic carbocycles. The summed E-state index contributed by atoms with van der Waals surface area (Å²) in [4.78, 5) is 2.30. The molecule has 6 heteroatoms. The van der Waals surface area contributed by atoms with E-state index in [-0.39, 0.29) is 12.0 Å². The van der Waals surface area contributed by atoms with E-state index in [4.69, 9.17) is 9.47 Å². The second kappa shape index (κ2) is 8.76. The van der Waals surface area contributed by atoms with Crippen LogP contribution in [0.4, 0.5) is 0 Å². The first kappa shape index (κ1) is 19.7. The number of likely N-dealkylation sites (tertiary alicyclic amines) is 1. The lowest BCUT2D eigenvalue weighted by atomic mass is 10.00. The summed E-state index contributed by atoms with van der Waals surface area (Å²) in [5.74, 6) is 1.98. The molecule has 1 aromatic carbocycles. The first-order valence-corrected chi connectivity index (χ1v) is 9.81. The fourth-order valence-electron chi connectivity index (χ4n) is 3.87. The molecule has 1 saturated heterocycles. The minimum atomic E-state index is -0.332. The molecule has 6 nitrogen and oxygen atoms in total. The number of hydrogen-bond acceptors (Lipinski definition) is 5. The highest BCUT2D eigenvalue weighted by Crippen LogP contribution is 2.34. The molecular weight excluding hydrogens is 342 g/mol. The van der Waals surface area contributed by atoms with Crippen LogP contribution in [0, 0.1) is 19.8 Å². The number of aromatic amines is 1. The Morgan fingerprint density at radius 2 is 1.96 bits per heavy atom. The Labute approximate surface area is 161 Å². The Balaban J connectivity index is 1.70. The molecular formula is C21H31N3O3. The third kappa shape index (κ3) is 4.62. The molecule has 1 aliphatic heterocycles. The van der Waals surface area contributed by atoms with Gasteiger partial charge in [0.2, 0.25) is 0 Å². The van der Waals surface area contributed by atoms with Crippen LogP contribution in [0.3, 0.4) is 0 Å². The fraction of sp³-hybridized carbons (Fsp3) is 0.571. The molecule has 0 spiro atoms. The number of hydrogen-bond donors (Lipinski definition) is 2. The van der Waals surface area contributed by atoms with Crippen LogP contribution < -0.4 is 9.47 Å². The Kier molecular flexibility index (Phi) is 6.39. The lowest BCUT2D eigenvalue weighted by Crippen LogP contribution is -2.22. The van der Waals surface area contributed by atoms with Gasteiger partial charge in [0.25, 0.3) is 0 Å². The summed E-state index contributed by atoms with van der Waals surface area (Å²) in [5, 5.41) is 17.8. The molecule has 148 valence electrons. The normalized spacial score (nSPS) is 20.2. The number of H-pyrrole nitrogens is 1. The van der Waals surface area contributed by atoms with Gasteiger partial charge >= 0.3 is 0 Å². The molecule has 3 rings (SSSR count). The molecule has 0 amide bonds. The van der Waals surface area contributed by atoms with Crippen molar-refractivity contribution in [1.29, 1.82) is 0 Å². The van der Waals surface area contributed by atoms with Gasteiger partial charge in [-0.15, -0.1) is 0 Å². The summed E-state index contributed by atoms with van der Waals surface area (Å²) in [6.07, 6.45) is 0.462. The third-order valence-corrected chi connectivity index (χ3v) is 5.13. The van der Waals surface area contributed by atoms with Crippen LogP contribution in [-0.4, -0.2) is 52.6 Å². The number of aliphatic hydroxyl groups excluding tert-OH is 1. The van der Waals surface area contributed by atoms with Crippen molar-refractivity contribution < 1.29 is 14.6 Å². The Morgan fingerprint density at radius 3 is 2.63 bits per heavy atom. The molecule has 1 aliphatic rings. The highest BCUT2D eigenvalue weighted by molar-refractivity contribution is 5.49. The number of ether oxygens (including phenoxy) is 2. The van der Waals surface area contributed by atoms with E-state index in [9.17, 15) is 5.11 Å². The van der Waals surface area contributed by atoms with Crippen LogP contribution in [0.5, 0.6) is 11.5 Å². The van der Waals surface area contributed by atoms with Crippen LogP contribution in [0.25, 0.3) is 0 Å². The van der Waals surface area contributed by atoms with Gasteiger partial charge in [0.15, 0.2) is 0 Å². The summed E-state index contributed by atoms with van der Waals surface area (Å²) in [6.45, 7) is 11.6. The van der Waals surface area contributed by atoms with Gasteiger partial charge in [-0.3, -0.25) is 10.00 Å². The van der Waals surface area contributed by atoms with Gasteiger partial charge in [-0.1, -0.05) is 6.07 Å². The molecule has 0 radical (unpaired) electrons. The van der Waals surface area contributed by atoms with Gasteiger partial charge < -0.3 is 14.6 Å². The fourth-order valence-corrected chi connectivity index (χ4v) is 3.87. The van der Waals surface area contributed by atoms with E-state index in [2.05, 4.69) is 27.2 Å². The Bertz CT molecular complexity index is 759. The van der Waals surface area contributed by atoms with Crippen LogP contribution in [0.1, 0.15) is 36.4 Å². The van der Waals surface area contributed by atoms with Crippen LogP contribution in [0.2, 0.25) is 0 Å². The van der Waals surface area contributed by atoms with Crippen molar-refractivity contribution in [3.63, 3.8) is 0 Å². The van der Waals surface area contributed by atoms with E-state index in [0.29, 0.717) is 19.8 Å². The van der Waals surface area contributed by atoms with Gasteiger partial charge in [0.05, 0.1) is 25.0 Å². The first-order valence-electron chi connectivity index (χ1n) is 9.81. The average molecular weight is 373 g/mol. The van der Waals surface area contributed by atoms with E-state index in [1.165, 1.54) is 0 Å². The molecule has 2 N–H and O–H groups in total. The van der Waals surface area contributed by atoms with Crippen molar-refractivity contribution in [3.8, 4) is 11.5 Å². The van der Waals surface area contributed by atoms with Crippen molar-refractivity contribution in [2.45, 2.75) is 46.8 Å². The summed E-state index contributed by atoms with van der Waals surface area (Å²) in [6, 6.07) is 6.16. The number of rotatable bonds is 8. The lowest BCUT2D eigenvalue weighted by Gasteiger charge is -2.21. The Morgan fingerprint density at radius 1 is 1.19 bits per heavy atom. The number of nitrogens with one attached hydrogen (secondary N) is 1. The van der Waals surface area contributed by atoms with Gasteiger partial charge in [-0.05, 0) is 46.2 Å². The zero-order valence-electron chi connectivity index (χ0n) is 16.8. The van der Waals surface area contributed by atoms with E-state index in [1.807, 2.05) is 33.8 Å². The molecule has 2 heterocycles. The summed E-state index contributed by atoms with van der Waals surface area (Å²) >= 11 is 0. The minimum absolute atomic E-state index is 0.201. The zero-order valence-corrected chi connectivity index (χ0v) is 16.8. The second-order valence-corrected chi connectivity index (χ2v) is 7.31. The molecule has 2 atom stereocenters. The van der Waals surface area contributed by atoms with Crippen molar-refractivity contribution in [2.24, 2.45) is 5.92 Å². The number of nitrogens with zero attached hydrogens (tertiary/aromatic N) is 2. The van der Waals surface area contributed by atoms with Crippen molar-refractivity contribution in [1.82, 2.24) is 15.1 Å². The maximum Gasteiger partial charge on any atom is 0.130 e. The third-order valence-electron chi connectivity index (χ3n) is 5.13. The monoisotopic (exact) mass is 373 g/mol. The number of aliphatic hydroxyl groups is 1. The van der Waals surface area contributed by atoms with Gasteiger partial charge in [0, 0.05) is 42.4 Å². The topological polar surface area (TPSA) is 70.6 Å². The molecule has 1 fully saturated rings. The van der Waals surface area contributed by atoms with Crippen molar-refractivity contribution in [3.05, 3.63) is 40.7 Å². The van der Waals surface area contributed by atoms with Crippen LogP contribution in [0.15, 0.2) is 18.2 Å². The number of aryl methyl sites for hydroxylation is 1. The summed E-state index contributed by atoms with van der Waals surface area (Å²) in [7, 11) is 0. The molecule has 27 heavy (non-hydrogen) atoms. The SMILES string of the molecule is CCOc1ccc(CN2CC(O)C(Cc3cc(C)[nH]n3)C2)c(OCC)c1C. The highest BCUT2D eigenvalue weighted by atomic mass is 16.5. The average Bonchev–Trinajstić information content (AvgIpc) is 3.19. The maximum atomic E-state index is 10.5. The smallest absolute Gasteiger partial charge is 0.130 e.